The summed E-state index contributed by atoms with van der Waals surface area (Å²) in [6.07, 6.45) is 1.23. The van der Waals surface area contributed by atoms with Crippen molar-refractivity contribution in [2.45, 2.75) is 18.9 Å². The molecule has 1 aromatic carbocycles. The van der Waals surface area contributed by atoms with E-state index in [0.29, 0.717) is 12.8 Å². The third-order valence-corrected chi connectivity index (χ3v) is 2.18. The van der Waals surface area contributed by atoms with Gasteiger partial charge in [0.1, 0.15) is 11.8 Å². The molecule has 5 heteroatoms. The predicted octanol–water partition coefficient (Wildman–Crippen LogP) is 1.40. The molecular formula is C11H16BrNO3. The van der Waals surface area contributed by atoms with Crippen LogP contribution in [0.5, 0.6) is 5.75 Å². The van der Waals surface area contributed by atoms with E-state index in [1.165, 1.54) is 7.11 Å². The Morgan fingerprint density at radius 1 is 1.44 bits per heavy atom. The number of benzene rings is 1. The van der Waals surface area contributed by atoms with Gasteiger partial charge in [0.25, 0.3) is 0 Å². The van der Waals surface area contributed by atoms with Crippen molar-refractivity contribution in [1.82, 2.24) is 0 Å². The SMILES string of the molecule is Br.COC(=O)C(N)CCc1ccc(O)cc1. The standard InChI is InChI=1S/C11H15NO3.BrH/c1-15-11(14)10(12)7-4-8-2-5-9(13)6-3-8;/h2-3,5-6,10,13H,4,7,12H2,1H3;1H. The van der Waals surface area contributed by atoms with E-state index in [2.05, 4.69) is 4.74 Å². The molecule has 0 aromatic heterocycles. The molecule has 16 heavy (non-hydrogen) atoms. The lowest BCUT2D eigenvalue weighted by Gasteiger charge is -2.08. The highest BCUT2D eigenvalue weighted by Gasteiger charge is 2.12. The van der Waals surface area contributed by atoms with Gasteiger partial charge in [0, 0.05) is 0 Å². The number of aryl methyl sites for hydroxylation is 1. The van der Waals surface area contributed by atoms with Gasteiger partial charge in [-0.15, -0.1) is 17.0 Å². The van der Waals surface area contributed by atoms with E-state index in [0.717, 1.165) is 5.56 Å². The Hall–Kier alpha value is -1.07. The molecule has 0 bridgehead atoms. The molecule has 0 aliphatic rings. The number of rotatable bonds is 4. The molecule has 90 valence electrons. The quantitative estimate of drug-likeness (QED) is 0.822. The van der Waals surface area contributed by atoms with Gasteiger partial charge in [-0.25, -0.2) is 0 Å². The first kappa shape index (κ1) is 14.9. The number of phenols is 1. The van der Waals surface area contributed by atoms with Gasteiger partial charge < -0.3 is 15.6 Å². The number of carbonyl (C=O) groups excluding carboxylic acids is 1. The molecule has 0 saturated carbocycles. The molecule has 0 aliphatic carbocycles. The Balaban J connectivity index is 0.00000225. The summed E-state index contributed by atoms with van der Waals surface area (Å²) in [6, 6.07) is 6.25. The van der Waals surface area contributed by atoms with Gasteiger partial charge in [0.2, 0.25) is 0 Å². The average Bonchev–Trinajstić information content (AvgIpc) is 2.26. The number of aromatic hydroxyl groups is 1. The molecule has 1 aromatic rings. The lowest BCUT2D eigenvalue weighted by Crippen LogP contribution is -2.31. The smallest absolute Gasteiger partial charge is 0.322 e. The second kappa shape index (κ2) is 7.24. The fourth-order valence-corrected chi connectivity index (χ4v) is 1.25. The van der Waals surface area contributed by atoms with Gasteiger partial charge in [-0.2, -0.15) is 0 Å². The van der Waals surface area contributed by atoms with Crippen LogP contribution in [0.25, 0.3) is 0 Å². The third kappa shape index (κ3) is 4.63. The monoisotopic (exact) mass is 289 g/mol. The van der Waals surface area contributed by atoms with Crippen LogP contribution in [0.15, 0.2) is 24.3 Å². The summed E-state index contributed by atoms with van der Waals surface area (Å²) in [5.74, 6) is -0.162. The Morgan fingerprint density at radius 3 is 2.50 bits per heavy atom. The van der Waals surface area contributed by atoms with E-state index < -0.39 is 12.0 Å². The molecule has 4 nitrogen and oxygen atoms in total. The summed E-state index contributed by atoms with van der Waals surface area (Å²) in [5.41, 5.74) is 6.62. The first-order valence-electron chi connectivity index (χ1n) is 4.75. The first-order chi connectivity index (χ1) is 7.13. The lowest BCUT2D eigenvalue weighted by molar-refractivity contribution is -0.142. The van der Waals surface area contributed by atoms with E-state index in [1.807, 2.05) is 0 Å². The number of ether oxygens (including phenoxy) is 1. The van der Waals surface area contributed by atoms with Crippen LogP contribution in [-0.2, 0) is 16.0 Å². The molecule has 0 heterocycles. The Kier molecular flexibility index (Phi) is 6.76. The Labute approximate surface area is 105 Å². The maximum atomic E-state index is 11.0. The second-order valence-electron chi connectivity index (χ2n) is 3.33. The van der Waals surface area contributed by atoms with E-state index >= 15 is 0 Å². The number of phenolic OH excluding ortho intramolecular Hbond substituents is 1. The van der Waals surface area contributed by atoms with Crippen molar-refractivity contribution >= 4 is 23.0 Å². The van der Waals surface area contributed by atoms with Gasteiger partial charge in [-0.3, -0.25) is 4.79 Å². The number of nitrogens with two attached hydrogens (primary N) is 1. The summed E-state index contributed by atoms with van der Waals surface area (Å²) < 4.78 is 4.52. The van der Waals surface area contributed by atoms with Crippen molar-refractivity contribution in [3.05, 3.63) is 29.8 Å². The van der Waals surface area contributed by atoms with Crippen LogP contribution in [-0.4, -0.2) is 24.2 Å². The zero-order valence-electron chi connectivity index (χ0n) is 9.05. The van der Waals surface area contributed by atoms with Crippen LogP contribution in [0, 0.1) is 0 Å². The molecule has 0 radical (unpaired) electrons. The molecule has 1 rings (SSSR count). The largest absolute Gasteiger partial charge is 0.508 e. The fourth-order valence-electron chi connectivity index (χ4n) is 1.25. The highest BCUT2D eigenvalue weighted by molar-refractivity contribution is 8.93. The maximum Gasteiger partial charge on any atom is 0.322 e. The average molecular weight is 290 g/mol. The minimum absolute atomic E-state index is 0. The van der Waals surface area contributed by atoms with Crippen LogP contribution in [0.2, 0.25) is 0 Å². The van der Waals surface area contributed by atoms with Gasteiger partial charge in [0.05, 0.1) is 7.11 Å². The van der Waals surface area contributed by atoms with E-state index in [1.54, 1.807) is 24.3 Å². The molecule has 0 fully saturated rings. The first-order valence-corrected chi connectivity index (χ1v) is 4.75. The summed E-state index contributed by atoms with van der Waals surface area (Å²) in [7, 11) is 1.32. The van der Waals surface area contributed by atoms with E-state index in [4.69, 9.17) is 10.8 Å². The van der Waals surface area contributed by atoms with Crippen molar-refractivity contribution in [3.8, 4) is 5.75 Å². The van der Waals surface area contributed by atoms with Crippen LogP contribution in [0.3, 0.4) is 0 Å². The van der Waals surface area contributed by atoms with Crippen LogP contribution in [0.4, 0.5) is 0 Å². The summed E-state index contributed by atoms with van der Waals surface area (Å²) in [5, 5.41) is 9.06. The van der Waals surface area contributed by atoms with Crippen molar-refractivity contribution < 1.29 is 14.6 Å². The van der Waals surface area contributed by atoms with Crippen LogP contribution >= 0.6 is 17.0 Å². The molecule has 1 unspecified atom stereocenters. The number of carbonyl (C=O) groups is 1. The minimum Gasteiger partial charge on any atom is -0.508 e. The van der Waals surface area contributed by atoms with Gasteiger partial charge in [0.15, 0.2) is 0 Å². The topological polar surface area (TPSA) is 72.5 Å². The molecule has 0 saturated heterocycles. The van der Waals surface area contributed by atoms with Crippen molar-refractivity contribution in [1.29, 1.82) is 0 Å². The van der Waals surface area contributed by atoms with E-state index in [-0.39, 0.29) is 22.7 Å². The van der Waals surface area contributed by atoms with Gasteiger partial charge in [-0.05, 0) is 30.5 Å². The maximum absolute atomic E-state index is 11.0. The Bertz CT molecular complexity index is 327. The fraction of sp³-hybridized carbons (Fsp3) is 0.364. The summed E-state index contributed by atoms with van der Waals surface area (Å²) >= 11 is 0. The second-order valence-corrected chi connectivity index (χ2v) is 3.33. The summed E-state index contributed by atoms with van der Waals surface area (Å²) in [4.78, 5) is 11.0. The minimum atomic E-state index is -0.580. The van der Waals surface area contributed by atoms with Crippen LogP contribution < -0.4 is 5.73 Å². The zero-order valence-corrected chi connectivity index (χ0v) is 10.8. The lowest BCUT2D eigenvalue weighted by atomic mass is 10.1. The molecule has 1 atom stereocenters. The molecule has 0 amide bonds. The van der Waals surface area contributed by atoms with Crippen molar-refractivity contribution in [2.24, 2.45) is 5.73 Å². The van der Waals surface area contributed by atoms with Gasteiger partial charge in [-0.1, -0.05) is 12.1 Å². The highest BCUT2D eigenvalue weighted by Crippen LogP contribution is 2.11. The van der Waals surface area contributed by atoms with Crippen molar-refractivity contribution in [3.63, 3.8) is 0 Å². The number of esters is 1. The Morgan fingerprint density at radius 2 is 2.00 bits per heavy atom. The summed E-state index contributed by atoms with van der Waals surface area (Å²) in [6.45, 7) is 0. The molecule has 0 spiro atoms. The number of halogens is 1. The molecule has 3 N–H and O–H groups in total. The zero-order chi connectivity index (χ0) is 11.3. The molecule has 0 aliphatic heterocycles. The highest BCUT2D eigenvalue weighted by atomic mass is 79.9. The van der Waals surface area contributed by atoms with E-state index in [9.17, 15) is 4.79 Å². The normalized spacial score (nSPS) is 11.4. The van der Waals surface area contributed by atoms with Gasteiger partial charge >= 0.3 is 5.97 Å². The van der Waals surface area contributed by atoms with Crippen LogP contribution in [0.1, 0.15) is 12.0 Å². The van der Waals surface area contributed by atoms with Crippen molar-refractivity contribution in [2.75, 3.05) is 7.11 Å². The number of hydrogen-bond donors (Lipinski definition) is 2. The molecular weight excluding hydrogens is 274 g/mol. The number of methoxy groups -OCH3 is 1. The predicted molar refractivity (Wildman–Crippen MR) is 66.7 cm³/mol. The third-order valence-electron chi connectivity index (χ3n) is 2.18. The number of hydrogen-bond acceptors (Lipinski definition) is 4.